The lowest BCUT2D eigenvalue weighted by Crippen LogP contribution is -2.24. The van der Waals surface area contributed by atoms with Crippen molar-refractivity contribution < 1.29 is 4.79 Å². The van der Waals surface area contributed by atoms with Crippen LogP contribution in [0.25, 0.3) is 0 Å². The Bertz CT molecular complexity index is 296. The number of aromatic nitrogens is 2. The Morgan fingerprint density at radius 2 is 2.23 bits per heavy atom. The van der Waals surface area contributed by atoms with E-state index >= 15 is 0 Å². The molecule has 0 fully saturated rings. The smallest absolute Gasteiger partial charge is 0.320 e. The molecule has 1 aromatic heterocycles. The first-order chi connectivity index (χ1) is 6.13. The van der Waals surface area contributed by atoms with Gasteiger partial charge in [-0.3, -0.25) is 5.32 Å². The van der Waals surface area contributed by atoms with Crippen molar-refractivity contribution in [1.82, 2.24) is 14.7 Å². The minimum atomic E-state index is -0.272. The third-order valence-corrected chi connectivity index (χ3v) is 2.05. The molecule has 0 radical (unpaired) electrons. The van der Waals surface area contributed by atoms with Crippen LogP contribution >= 0.6 is 11.5 Å². The molecule has 0 unspecified atom stereocenters. The van der Waals surface area contributed by atoms with Crippen molar-refractivity contribution in [2.24, 2.45) is 0 Å². The summed E-state index contributed by atoms with van der Waals surface area (Å²) in [7, 11) is 1.56. The second-order valence-electron chi connectivity index (χ2n) is 2.82. The summed E-state index contributed by atoms with van der Waals surface area (Å²) in [5, 5.41) is 5.53. The number of hydrogen-bond donors (Lipinski definition) is 2. The van der Waals surface area contributed by atoms with Crippen LogP contribution in [0.4, 0.5) is 9.93 Å². The third-order valence-electron chi connectivity index (χ3n) is 1.41. The molecule has 0 aliphatic rings. The van der Waals surface area contributed by atoms with E-state index in [-0.39, 0.29) is 11.9 Å². The monoisotopic (exact) mass is 200 g/mol. The first-order valence-electron chi connectivity index (χ1n) is 3.96. The molecule has 2 N–H and O–H groups in total. The van der Waals surface area contributed by atoms with Gasteiger partial charge in [0.1, 0.15) is 5.82 Å². The highest BCUT2D eigenvalue weighted by Gasteiger charge is 2.08. The quantitative estimate of drug-likeness (QED) is 0.758. The fourth-order valence-electron chi connectivity index (χ4n) is 0.680. The SMILES string of the molecule is CNC(=O)Nc1nc(C(C)C)ns1. The maximum Gasteiger partial charge on any atom is 0.320 e. The van der Waals surface area contributed by atoms with Crippen LogP contribution in [0.5, 0.6) is 0 Å². The predicted octanol–water partition coefficient (Wildman–Crippen LogP) is 1.41. The van der Waals surface area contributed by atoms with Gasteiger partial charge in [-0.15, -0.1) is 0 Å². The molecule has 13 heavy (non-hydrogen) atoms. The van der Waals surface area contributed by atoms with Crippen LogP contribution in [0.2, 0.25) is 0 Å². The topological polar surface area (TPSA) is 66.9 Å². The fraction of sp³-hybridized carbons (Fsp3) is 0.571. The van der Waals surface area contributed by atoms with E-state index in [1.54, 1.807) is 7.05 Å². The Labute approximate surface area is 80.7 Å². The van der Waals surface area contributed by atoms with Crippen molar-refractivity contribution >= 4 is 22.7 Å². The van der Waals surface area contributed by atoms with Crippen molar-refractivity contribution in [3.05, 3.63) is 5.82 Å². The first-order valence-corrected chi connectivity index (χ1v) is 4.73. The van der Waals surface area contributed by atoms with Crippen LogP contribution in [0.3, 0.4) is 0 Å². The highest BCUT2D eigenvalue weighted by molar-refractivity contribution is 7.09. The van der Waals surface area contributed by atoms with Crippen molar-refractivity contribution in [2.75, 3.05) is 12.4 Å². The summed E-state index contributed by atoms with van der Waals surface area (Å²) >= 11 is 1.19. The lowest BCUT2D eigenvalue weighted by molar-refractivity contribution is 0.254. The molecule has 1 heterocycles. The van der Waals surface area contributed by atoms with Crippen LogP contribution in [-0.4, -0.2) is 22.4 Å². The highest BCUT2D eigenvalue weighted by atomic mass is 32.1. The molecule has 2 amide bonds. The predicted molar refractivity (Wildman–Crippen MR) is 52.1 cm³/mol. The number of rotatable bonds is 2. The lowest BCUT2D eigenvalue weighted by Gasteiger charge is -1.97. The van der Waals surface area contributed by atoms with E-state index in [0.717, 1.165) is 5.82 Å². The number of urea groups is 1. The third kappa shape index (κ3) is 2.66. The van der Waals surface area contributed by atoms with E-state index in [2.05, 4.69) is 20.0 Å². The standard InChI is InChI=1S/C7H12N4OS/c1-4(2)5-9-7(13-11-5)10-6(12)8-3/h4H,1-3H3,(H2,8,9,10,11,12). The summed E-state index contributed by atoms with van der Waals surface area (Å²) in [4.78, 5) is 15.0. The fourth-order valence-corrected chi connectivity index (χ4v) is 1.38. The van der Waals surface area contributed by atoms with Crippen LogP contribution < -0.4 is 10.6 Å². The van der Waals surface area contributed by atoms with E-state index in [0.29, 0.717) is 5.13 Å². The van der Waals surface area contributed by atoms with Crippen LogP contribution in [-0.2, 0) is 0 Å². The molecule has 72 valence electrons. The lowest BCUT2D eigenvalue weighted by atomic mass is 10.2. The highest BCUT2D eigenvalue weighted by Crippen LogP contribution is 2.16. The molecular weight excluding hydrogens is 188 g/mol. The summed E-state index contributed by atoms with van der Waals surface area (Å²) in [5.41, 5.74) is 0. The molecule has 0 saturated heterocycles. The van der Waals surface area contributed by atoms with Gasteiger partial charge in [0.2, 0.25) is 5.13 Å². The summed E-state index contributed by atoms with van der Waals surface area (Å²) in [5.74, 6) is 1.05. The van der Waals surface area contributed by atoms with Crippen molar-refractivity contribution in [3.63, 3.8) is 0 Å². The van der Waals surface area contributed by atoms with Crippen LogP contribution in [0.1, 0.15) is 25.6 Å². The second-order valence-corrected chi connectivity index (χ2v) is 3.57. The Kier molecular flexibility index (Phi) is 3.18. The van der Waals surface area contributed by atoms with Crippen LogP contribution in [0.15, 0.2) is 0 Å². The minimum Gasteiger partial charge on any atom is -0.341 e. The van der Waals surface area contributed by atoms with Gasteiger partial charge < -0.3 is 5.32 Å². The summed E-state index contributed by atoms with van der Waals surface area (Å²) < 4.78 is 4.09. The van der Waals surface area contributed by atoms with Crippen molar-refractivity contribution in [1.29, 1.82) is 0 Å². The summed E-state index contributed by atoms with van der Waals surface area (Å²) in [6, 6.07) is -0.272. The number of carbonyl (C=O) groups excluding carboxylic acids is 1. The van der Waals surface area contributed by atoms with E-state index in [9.17, 15) is 4.79 Å². The van der Waals surface area contributed by atoms with Crippen molar-refractivity contribution in [2.45, 2.75) is 19.8 Å². The molecular formula is C7H12N4OS. The van der Waals surface area contributed by atoms with Gasteiger partial charge in [-0.1, -0.05) is 13.8 Å². The number of nitrogens with one attached hydrogen (secondary N) is 2. The zero-order chi connectivity index (χ0) is 9.84. The Morgan fingerprint density at radius 3 is 2.69 bits per heavy atom. The molecule has 0 atom stereocenters. The van der Waals surface area contributed by atoms with E-state index in [1.165, 1.54) is 11.5 Å². The molecule has 5 nitrogen and oxygen atoms in total. The van der Waals surface area contributed by atoms with Gasteiger partial charge in [-0.2, -0.15) is 4.37 Å². The minimum absolute atomic E-state index is 0.272. The zero-order valence-electron chi connectivity index (χ0n) is 7.79. The largest absolute Gasteiger partial charge is 0.341 e. The normalized spacial score (nSPS) is 10.2. The van der Waals surface area contributed by atoms with E-state index in [4.69, 9.17) is 0 Å². The zero-order valence-corrected chi connectivity index (χ0v) is 8.60. The molecule has 0 aliphatic carbocycles. The van der Waals surface area contributed by atoms with Crippen molar-refractivity contribution in [3.8, 4) is 0 Å². The molecule has 1 aromatic rings. The average Bonchev–Trinajstić information content (AvgIpc) is 2.52. The summed E-state index contributed by atoms with van der Waals surface area (Å²) in [6.07, 6.45) is 0. The van der Waals surface area contributed by atoms with Gasteiger partial charge in [0.25, 0.3) is 0 Å². The number of amides is 2. The molecule has 0 aliphatic heterocycles. The maximum absolute atomic E-state index is 10.9. The molecule has 0 spiro atoms. The molecule has 6 heteroatoms. The Balaban J connectivity index is 2.64. The molecule has 1 rings (SSSR count). The number of hydrogen-bond acceptors (Lipinski definition) is 4. The average molecular weight is 200 g/mol. The van der Waals surface area contributed by atoms with Gasteiger partial charge in [0.05, 0.1) is 0 Å². The second kappa shape index (κ2) is 4.18. The van der Waals surface area contributed by atoms with E-state index in [1.807, 2.05) is 13.8 Å². The van der Waals surface area contributed by atoms with Gasteiger partial charge in [0.15, 0.2) is 0 Å². The van der Waals surface area contributed by atoms with Gasteiger partial charge in [-0.05, 0) is 0 Å². The molecule has 0 saturated carbocycles. The van der Waals surface area contributed by atoms with Gasteiger partial charge >= 0.3 is 6.03 Å². The van der Waals surface area contributed by atoms with Crippen LogP contribution in [0, 0.1) is 0 Å². The first kappa shape index (κ1) is 9.91. The Morgan fingerprint density at radius 1 is 1.54 bits per heavy atom. The van der Waals surface area contributed by atoms with E-state index < -0.39 is 0 Å². The maximum atomic E-state index is 10.9. The number of carbonyl (C=O) groups is 1. The van der Waals surface area contributed by atoms with Gasteiger partial charge in [-0.25, -0.2) is 9.78 Å². The number of nitrogens with zero attached hydrogens (tertiary/aromatic N) is 2. The summed E-state index contributed by atoms with van der Waals surface area (Å²) in [6.45, 7) is 4.01. The molecule has 0 aromatic carbocycles. The number of anilines is 1. The molecule has 0 bridgehead atoms. The Hall–Kier alpha value is -1.17. The van der Waals surface area contributed by atoms with Gasteiger partial charge in [0, 0.05) is 24.5 Å².